The summed E-state index contributed by atoms with van der Waals surface area (Å²) in [4.78, 5) is 28.8. The topological polar surface area (TPSA) is 98.2 Å². The van der Waals surface area contributed by atoms with E-state index in [9.17, 15) is 14.7 Å². The summed E-state index contributed by atoms with van der Waals surface area (Å²) in [6.07, 6.45) is 7.01. The number of nitrogen functional groups attached to an aromatic ring is 1. The van der Waals surface area contributed by atoms with Crippen LogP contribution in [0.15, 0.2) is 54.8 Å². The van der Waals surface area contributed by atoms with Gasteiger partial charge in [-0.25, -0.2) is 9.78 Å². The number of nitrogens with two attached hydrogens (primary N) is 1. The third-order valence-electron chi connectivity index (χ3n) is 4.69. The standard InChI is InChI=1S/C21H16ClN3O3/c22-13-6-7-16-15(9-13)19(14-3-1-2-4-17(14)26)20(21(27)28)25(16)11-12-5-8-18(23)24-10-12/h1-3,5-10H,4,11H2,(H2,23,24)(H,27,28). The minimum absolute atomic E-state index is 0.0454. The van der Waals surface area contributed by atoms with Crippen LogP contribution in [-0.2, 0) is 11.3 Å². The molecule has 1 aromatic carbocycles. The molecule has 2 heterocycles. The molecule has 4 rings (SSSR count). The van der Waals surface area contributed by atoms with Crippen molar-refractivity contribution >= 4 is 45.6 Å². The van der Waals surface area contributed by atoms with Crippen molar-refractivity contribution in [2.75, 3.05) is 5.73 Å². The second-order valence-electron chi connectivity index (χ2n) is 6.50. The number of carbonyl (C=O) groups excluding carboxylic acids is 1. The molecule has 0 bridgehead atoms. The van der Waals surface area contributed by atoms with Crippen molar-refractivity contribution in [1.82, 2.24) is 9.55 Å². The Balaban J connectivity index is 2.01. The lowest BCUT2D eigenvalue weighted by atomic mass is 9.93. The number of pyridine rings is 1. The largest absolute Gasteiger partial charge is 0.477 e. The zero-order valence-corrected chi connectivity index (χ0v) is 15.5. The highest BCUT2D eigenvalue weighted by atomic mass is 35.5. The van der Waals surface area contributed by atoms with E-state index in [-0.39, 0.29) is 24.4 Å². The van der Waals surface area contributed by atoms with Gasteiger partial charge >= 0.3 is 5.97 Å². The number of ketones is 1. The Labute approximate surface area is 165 Å². The predicted molar refractivity (Wildman–Crippen MR) is 108 cm³/mol. The molecule has 0 spiro atoms. The lowest BCUT2D eigenvalue weighted by Gasteiger charge is -2.11. The third kappa shape index (κ3) is 3.08. The fourth-order valence-corrected chi connectivity index (χ4v) is 3.64. The van der Waals surface area contributed by atoms with E-state index in [1.165, 1.54) is 0 Å². The van der Waals surface area contributed by atoms with Crippen molar-refractivity contribution in [2.45, 2.75) is 13.0 Å². The van der Waals surface area contributed by atoms with Gasteiger partial charge in [-0.3, -0.25) is 4.79 Å². The predicted octanol–water partition coefficient (Wildman–Crippen LogP) is 3.93. The first-order chi connectivity index (χ1) is 13.5. The number of carboxylic acids is 1. The number of aromatic carboxylic acids is 1. The van der Waals surface area contributed by atoms with E-state index in [1.54, 1.807) is 59.3 Å². The quantitative estimate of drug-likeness (QED) is 0.699. The first-order valence-corrected chi connectivity index (χ1v) is 8.99. The molecule has 0 amide bonds. The molecule has 0 unspecified atom stereocenters. The first kappa shape index (κ1) is 18.0. The molecule has 1 aliphatic rings. The van der Waals surface area contributed by atoms with Crippen LogP contribution in [0.1, 0.15) is 28.0 Å². The summed E-state index contributed by atoms with van der Waals surface area (Å²) in [5.74, 6) is -0.857. The van der Waals surface area contributed by atoms with E-state index in [4.69, 9.17) is 17.3 Å². The van der Waals surface area contributed by atoms with Crippen molar-refractivity contribution in [1.29, 1.82) is 0 Å². The molecule has 0 saturated carbocycles. The number of nitrogens with zero attached hydrogens (tertiary/aromatic N) is 2. The van der Waals surface area contributed by atoms with Crippen molar-refractivity contribution in [3.63, 3.8) is 0 Å². The van der Waals surface area contributed by atoms with Crippen LogP contribution in [0.5, 0.6) is 0 Å². The van der Waals surface area contributed by atoms with E-state index < -0.39 is 5.97 Å². The average Bonchev–Trinajstić information content (AvgIpc) is 2.97. The van der Waals surface area contributed by atoms with E-state index in [2.05, 4.69) is 4.98 Å². The van der Waals surface area contributed by atoms with Crippen LogP contribution in [0.2, 0.25) is 5.02 Å². The molecule has 0 aliphatic heterocycles. The van der Waals surface area contributed by atoms with Crippen molar-refractivity contribution in [3.05, 3.63) is 76.6 Å². The number of benzene rings is 1. The Morgan fingerprint density at radius 2 is 2.11 bits per heavy atom. The molecule has 2 aromatic heterocycles. The lowest BCUT2D eigenvalue weighted by Crippen LogP contribution is -2.13. The zero-order valence-electron chi connectivity index (χ0n) is 14.7. The van der Waals surface area contributed by atoms with Crippen molar-refractivity contribution in [2.24, 2.45) is 0 Å². The summed E-state index contributed by atoms with van der Waals surface area (Å²) < 4.78 is 1.67. The monoisotopic (exact) mass is 393 g/mol. The number of carbonyl (C=O) groups is 2. The molecule has 7 heteroatoms. The summed E-state index contributed by atoms with van der Waals surface area (Å²) in [7, 11) is 0. The van der Waals surface area contributed by atoms with Gasteiger partial charge in [-0.05, 0) is 29.8 Å². The average molecular weight is 394 g/mol. The number of allylic oxidation sites excluding steroid dienone is 4. The number of hydrogen-bond acceptors (Lipinski definition) is 4. The van der Waals surface area contributed by atoms with Gasteiger partial charge in [0.2, 0.25) is 0 Å². The van der Waals surface area contributed by atoms with Crippen LogP contribution in [0.25, 0.3) is 16.5 Å². The molecule has 28 heavy (non-hydrogen) atoms. The molecular formula is C21H16ClN3O3. The van der Waals surface area contributed by atoms with E-state index in [0.717, 1.165) is 5.56 Å². The maximum absolute atomic E-state index is 12.5. The van der Waals surface area contributed by atoms with Crippen LogP contribution in [-0.4, -0.2) is 26.4 Å². The molecular weight excluding hydrogens is 378 g/mol. The number of halogens is 1. The first-order valence-electron chi connectivity index (χ1n) is 8.61. The van der Waals surface area contributed by atoms with Gasteiger partial charge in [-0.2, -0.15) is 0 Å². The number of hydrogen-bond donors (Lipinski definition) is 2. The van der Waals surface area contributed by atoms with Gasteiger partial charge in [0.05, 0.1) is 0 Å². The van der Waals surface area contributed by atoms with Gasteiger partial charge in [0.15, 0.2) is 5.78 Å². The molecule has 0 saturated heterocycles. The zero-order chi connectivity index (χ0) is 19.8. The highest BCUT2D eigenvalue weighted by molar-refractivity contribution is 6.32. The lowest BCUT2D eigenvalue weighted by molar-refractivity contribution is -0.113. The molecule has 1 aliphatic carbocycles. The summed E-state index contributed by atoms with van der Waals surface area (Å²) in [6, 6.07) is 8.62. The summed E-state index contributed by atoms with van der Waals surface area (Å²) in [5.41, 5.74) is 7.93. The number of anilines is 1. The second kappa shape index (κ2) is 6.98. The normalized spacial score (nSPS) is 13.8. The molecule has 3 N–H and O–H groups in total. The fraction of sp³-hybridized carbons (Fsp3) is 0.0952. The van der Waals surface area contributed by atoms with Crippen molar-refractivity contribution < 1.29 is 14.7 Å². The maximum atomic E-state index is 12.5. The Morgan fingerprint density at radius 3 is 2.79 bits per heavy atom. The minimum Gasteiger partial charge on any atom is -0.477 e. The van der Waals surface area contributed by atoms with Gasteiger partial charge < -0.3 is 15.4 Å². The van der Waals surface area contributed by atoms with E-state index >= 15 is 0 Å². The number of rotatable bonds is 4. The summed E-state index contributed by atoms with van der Waals surface area (Å²) >= 11 is 6.19. The van der Waals surface area contributed by atoms with Gasteiger partial charge in [0.1, 0.15) is 11.5 Å². The molecule has 0 radical (unpaired) electrons. The Hall–Kier alpha value is -3.38. The van der Waals surface area contributed by atoms with Gasteiger partial charge in [-0.1, -0.05) is 35.9 Å². The van der Waals surface area contributed by atoms with Gasteiger partial charge in [-0.15, -0.1) is 0 Å². The molecule has 3 aromatic rings. The molecule has 0 fully saturated rings. The van der Waals surface area contributed by atoms with Crippen LogP contribution in [0.3, 0.4) is 0 Å². The molecule has 6 nitrogen and oxygen atoms in total. The fourth-order valence-electron chi connectivity index (χ4n) is 3.46. The maximum Gasteiger partial charge on any atom is 0.353 e. The van der Waals surface area contributed by atoms with Crippen molar-refractivity contribution in [3.8, 4) is 0 Å². The molecule has 0 atom stereocenters. The number of fused-ring (bicyclic) bond motifs is 1. The van der Waals surface area contributed by atoms with Crippen LogP contribution in [0, 0.1) is 0 Å². The Kier molecular flexibility index (Phi) is 4.49. The highest BCUT2D eigenvalue weighted by Gasteiger charge is 2.28. The second-order valence-corrected chi connectivity index (χ2v) is 6.94. The SMILES string of the molecule is Nc1ccc(Cn2c(C(=O)O)c(C3=CC=CCC3=O)c3cc(Cl)ccc32)cn1. The van der Waals surface area contributed by atoms with Crippen LogP contribution in [0.4, 0.5) is 5.82 Å². The third-order valence-corrected chi connectivity index (χ3v) is 4.92. The van der Waals surface area contributed by atoms with Crippen LogP contribution < -0.4 is 5.73 Å². The highest BCUT2D eigenvalue weighted by Crippen LogP contribution is 2.36. The molecule has 140 valence electrons. The van der Waals surface area contributed by atoms with Gasteiger partial charge in [0, 0.05) is 46.2 Å². The van der Waals surface area contributed by atoms with Gasteiger partial charge in [0.25, 0.3) is 0 Å². The summed E-state index contributed by atoms with van der Waals surface area (Å²) in [6.45, 7) is 0.268. The Bertz CT molecular complexity index is 1170. The summed E-state index contributed by atoms with van der Waals surface area (Å²) in [5, 5.41) is 11.1. The smallest absolute Gasteiger partial charge is 0.353 e. The Morgan fingerprint density at radius 1 is 1.29 bits per heavy atom. The van der Waals surface area contributed by atoms with E-state index in [1.807, 2.05) is 0 Å². The number of Topliss-reactive ketones (excluding diaryl/α,β-unsaturated/α-hetero) is 1. The minimum atomic E-state index is -1.12. The van der Waals surface area contributed by atoms with E-state index in [0.29, 0.717) is 32.9 Å². The number of carboxylic acid groups (broad SMARTS) is 1. The number of aromatic nitrogens is 2. The van der Waals surface area contributed by atoms with Crippen LogP contribution >= 0.6 is 11.6 Å².